The molecule has 4 heteroatoms. The quantitative estimate of drug-likeness (QED) is 0.796. The van der Waals surface area contributed by atoms with Gasteiger partial charge in [0.25, 0.3) is 0 Å². The summed E-state index contributed by atoms with van der Waals surface area (Å²) in [6, 6.07) is 0.786. The average Bonchev–Trinajstić information content (AvgIpc) is 3.22. The highest BCUT2D eigenvalue weighted by Gasteiger charge is 2.53. The number of carbonyl (C=O) groups excluding carboxylic acids is 1. The second-order valence-corrected chi connectivity index (χ2v) is 7.71. The standard InChI is InChI=1S/C17H28N2O2/c20-16(18-7-3-4-8-18)9-17-12-19(15-5-1-2-6-15)10-14(17)11-21-13-17/h14-15H,1-13H2/t14-,17+/m0/s1. The highest BCUT2D eigenvalue weighted by atomic mass is 16.5. The number of amides is 1. The number of hydrogen-bond acceptors (Lipinski definition) is 3. The second kappa shape index (κ2) is 5.54. The summed E-state index contributed by atoms with van der Waals surface area (Å²) < 4.78 is 5.79. The van der Waals surface area contributed by atoms with Crippen LogP contribution in [0, 0.1) is 11.3 Å². The van der Waals surface area contributed by atoms with Crippen molar-refractivity contribution < 1.29 is 9.53 Å². The van der Waals surface area contributed by atoms with Crippen LogP contribution in [0.1, 0.15) is 44.9 Å². The summed E-state index contributed by atoms with van der Waals surface area (Å²) in [7, 11) is 0. The third-order valence-corrected chi connectivity index (χ3v) is 6.35. The van der Waals surface area contributed by atoms with Gasteiger partial charge in [-0.05, 0) is 25.7 Å². The van der Waals surface area contributed by atoms with Crippen LogP contribution in [-0.2, 0) is 9.53 Å². The fourth-order valence-electron chi connectivity index (χ4n) is 5.05. The molecule has 118 valence electrons. The number of nitrogens with zero attached hydrogens (tertiary/aromatic N) is 2. The SMILES string of the molecule is O=C(C[C@@]12COC[C@@H]1CN(C1CCCC1)C2)N1CCCC1. The lowest BCUT2D eigenvalue weighted by Crippen LogP contribution is -2.40. The van der Waals surface area contributed by atoms with Crippen molar-refractivity contribution in [2.75, 3.05) is 39.4 Å². The van der Waals surface area contributed by atoms with Crippen LogP contribution in [0.4, 0.5) is 0 Å². The van der Waals surface area contributed by atoms with Gasteiger partial charge in [0, 0.05) is 50.0 Å². The van der Waals surface area contributed by atoms with Crippen LogP contribution in [0.3, 0.4) is 0 Å². The van der Waals surface area contributed by atoms with Crippen LogP contribution in [0.15, 0.2) is 0 Å². The summed E-state index contributed by atoms with van der Waals surface area (Å²) in [5.41, 5.74) is 0.127. The molecule has 0 unspecified atom stereocenters. The molecule has 0 radical (unpaired) electrons. The maximum atomic E-state index is 12.6. The van der Waals surface area contributed by atoms with Crippen molar-refractivity contribution in [3.63, 3.8) is 0 Å². The molecule has 1 amide bonds. The van der Waals surface area contributed by atoms with Gasteiger partial charge in [0.1, 0.15) is 0 Å². The summed E-state index contributed by atoms with van der Waals surface area (Å²) in [6.07, 6.45) is 8.61. The zero-order valence-electron chi connectivity index (χ0n) is 13.1. The van der Waals surface area contributed by atoms with Gasteiger partial charge in [0.2, 0.25) is 5.91 Å². The normalized spacial score (nSPS) is 37.5. The molecule has 1 saturated carbocycles. The Morgan fingerprint density at radius 1 is 1.14 bits per heavy atom. The monoisotopic (exact) mass is 292 g/mol. The van der Waals surface area contributed by atoms with E-state index >= 15 is 0 Å². The van der Waals surface area contributed by atoms with Crippen molar-refractivity contribution in [2.45, 2.75) is 51.0 Å². The molecule has 4 rings (SSSR count). The molecule has 2 atom stereocenters. The Kier molecular flexibility index (Phi) is 3.70. The van der Waals surface area contributed by atoms with Gasteiger partial charge in [-0.2, -0.15) is 0 Å². The number of likely N-dealkylation sites (tertiary alicyclic amines) is 2. The van der Waals surface area contributed by atoms with Gasteiger partial charge >= 0.3 is 0 Å². The largest absolute Gasteiger partial charge is 0.380 e. The summed E-state index contributed by atoms with van der Waals surface area (Å²) in [5, 5.41) is 0. The van der Waals surface area contributed by atoms with E-state index in [1.807, 2.05) is 0 Å². The number of fused-ring (bicyclic) bond motifs is 1. The van der Waals surface area contributed by atoms with E-state index in [0.29, 0.717) is 11.8 Å². The first-order chi connectivity index (χ1) is 10.3. The summed E-state index contributed by atoms with van der Waals surface area (Å²) in [6.45, 7) is 5.90. The van der Waals surface area contributed by atoms with Crippen molar-refractivity contribution in [1.82, 2.24) is 9.80 Å². The van der Waals surface area contributed by atoms with E-state index in [4.69, 9.17) is 4.74 Å². The van der Waals surface area contributed by atoms with Crippen LogP contribution in [0.25, 0.3) is 0 Å². The minimum Gasteiger partial charge on any atom is -0.380 e. The maximum Gasteiger partial charge on any atom is 0.223 e. The Morgan fingerprint density at radius 2 is 1.90 bits per heavy atom. The number of rotatable bonds is 3. The molecule has 3 saturated heterocycles. The predicted octanol–water partition coefficient (Wildman–Crippen LogP) is 1.89. The first-order valence-corrected chi connectivity index (χ1v) is 8.86. The topological polar surface area (TPSA) is 32.8 Å². The molecule has 0 spiro atoms. The lowest BCUT2D eigenvalue weighted by atomic mass is 9.78. The van der Waals surface area contributed by atoms with Crippen LogP contribution >= 0.6 is 0 Å². The van der Waals surface area contributed by atoms with Crippen LogP contribution in [0.5, 0.6) is 0 Å². The van der Waals surface area contributed by atoms with E-state index in [1.54, 1.807) is 0 Å². The second-order valence-electron chi connectivity index (χ2n) is 7.71. The van der Waals surface area contributed by atoms with Crippen molar-refractivity contribution in [3.8, 4) is 0 Å². The van der Waals surface area contributed by atoms with Gasteiger partial charge in [0.15, 0.2) is 0 Å². The third kappa shape index (κ3) is 2.50. The van der Waals surface area contributed by atoms with Gasteiger partial charge in [-0.1, -0.05) is 12.8 Å². The van der Waals surface area contributed by atoms with E-state index in [9.17, 15) is 4.79 Å². The van der Waals surface area contributed by atoms with E-state index in [0.717, 1.165) is 51.9 Å². The van der Waals surface area contributed by atoms with Crippen LogP contribution < -0.4 is 0 Å². The summed E-state index contributed by atoms with van der Waals surface area (Å²) >= 11 is 0. The Hall–Kier alpha value is -0.610. The number of hydrogen-bond donors (Lipinski definition) is 0. The Balaban J connectivity index is 1.44. The zero-order valence-corrected chi connectivity index (χ0v) is 13.1. The van der Waals surface area contributed by atoms with Crippen molar-refractivity contribution >= 4 is 5.91 Å². The molecular formula is C17H28N2O2. The molecule has 0 aromatic carbocycles. The highest BCUT2D eigenvalue weighted by Crippen LogP contribution is 2.46. The molecule has 3 aliphatic heterocycles. The lowest BCUT2D eigenvalue weighted by Gasteiger charge is -2.30. The minimum atomic E-state index is 0.127. The van der Waals surface area contributed by atoms with Crippen LogP contribution in [0.2, 0.25) is 0 Å². The van der Waals surface area contributed by atoms with Gasteiger partial charge in [-0.25, -0.2) is 0 Å². The van der Waals surface area contributed by atoms with Crippen molar-refractivity contribution in [2.24, 2.45) is 11.3 Å². The molecule has 0 bridgehead atoms. The molecular weight excluding hydrogens is 264 g/mol. The Bertz CT molecular complexity index is 402. The average molecular weight is 292 g/mol. The smallest absolute Gasteiger partial charge is 0.223 e. The molecule has 0 N–H and O–H groups in total. The van der Waals surface area contributed by atoms with Crippen molar-refractivity contribution in [1.29, 1.82) is 0 Å². The molecule has 0 aromatic heterocycles. The maximum absolute atomic E-state index is 12.6. The molecule has 4 fully saturated rings. The van der Waals surface area contributed by atoms with E-state index in [1.165, 1.54) is 38.5 Å². The lowest BCUT2D eigenvalue weighted by molar-refractivity contribution is -0.133. The van der Waals surface area contributed by atoms with E-state index < -0.39 is 0 Å². The molecule has 21 heavy (non-hydrogen) atoms. The van der Waals surface area contributed by atoms with Gasteiger partial charge in [-0.15, -0.1) is 0 Å². The summed E-state index contributed by atoms with van der Waals surface area (Å²) in [5.74, 6) is 0.973. The van der Waals surface area contributed by atoms with E-state index in [2.05, 4.69) is 9.80 Å². The Labute approximate surface area is 127 Å². The summed E-state index contributed by atoms with van der Waals surface area (Å²) in [4.78, 5) is 17.4. The third-order valence-electron chi connectivity index (χ3n) is 6.35. The number of carbonyl (C=O) groups is 1. The minimum absolute atomic E-state index is 0.127. The highest BCUT2D eigenvalue weighted by molar-refractivity contribution is 5.77. The Morgan fingerprint density at radius 3 is 2.67 bits per heavy atom. The van der Waals surface area contributed by atoms with Gasteiger partial charge < -0.3 is 9.64 Å². The van der Waals surface area contributed by atoms with Gasteiger partial charge in [-0.3, -0.25) is 9.69 Å². The molecule has 0 aromatic rings. The van der Waals surface area contributed by atoms with E-state index in [-0.39, 0.29) is 5.41 Å². The number of ether oxygens (including phenoxy) is 1. The first kappa shape index (κ1) is 14.0. The molecule has 4 nitrogen and oxygen atoms in total. The van der Waals surface area contributed by atoms with Crippen molar-refractivity contribution in [3.05, 3.63) is 0 Å². The fourth-order valence-corrected chi connectivity index (χ4v) is 5.05. The van der Waals surface area contributed by atoms with Gasteiger partial charge in [0.05, 0.1) is 13.2 Å². The van der Waals surface area contributed by atoms with Crippen LogP contribution in [-0.4, -0.2) is 61.1 Å². The zero-order chi connectivity index (χ0) is 14.3. The molecule has 4 aliphatic rings. The molecule has 1 aliphatic carbocycles. The molecule has 3 heterocycles. The predicted molar refractivity (Wildman–Crippen MR) is 81.0 cm³/mol. The fraction of sp³-hybridized carbons (Fsp3) is 0.941. The first-order valence-electron chi connectivity index (χ1n) is 8.86.